The molecule has 0 unspecified atom stereocenters. The minimum Gasteiger partial charge on any atom is -0.495 e. The molecule has 31 heavy (non-hydrogen) atoms. The maximum Gasteiger partial charge on any atom is 0.263 e. The molecule has 0 saturated heterocycles. The van der Waals surface area contributed by atoms with E-state index in [1.54, 1.807) is 42.0 Å². The van der Waals surface area contributed by atoms with Crippen molar-refractivity contribution in [2.24, 2.45) is 5.92 Å². The van der Waals surface area contributed by atoms with Crippen LogP contribution in [0.15, 0.2) is 39.7 Å². The number of hydrogen-bond acceptors (Lipinski definition) is 6. The lowest BCUT2D eigenvalue weighted by Gasteiger charge is -2.14. The highest BCUT2D eigenvalue weighted by Crippen LogP contribution is 2.30. The molecule has 1 aromatic carbocycles. The standard InChI is InChI=1S/C23H28N4O4/c1-6-19-25-26-22(31-19)16-7-8-18(30-5)17(13-16)24-21(28)20-15(4)10-12-27(23(20)29)11-9-14(2)3/h7-8,10,12-14H,6,9,11H2,1-5H3,(H,24,28). The number of benzene rings is 1. The zero-order valence-electron chi connectivity index (χ0n) is 18.6. The van der Waals surface area contributed by atoms with Crippen LogP contribution < -0.4 is 15.6 Å². The van der Waals surface area contributed by atoms with Gasteiger partial charge < -0.3 is 19.0 Å². The van der Waals surface area contributed by atoms with Crippen molar-refractivity contribution in [1.29, 1.82) is 0 Å². The second kappa shape index (κ2) is 9.59. The quantitative estimate of drug-likeness (QED) is 0.585. The summed E-state index contributed by atoms with van der Waals surface area (Å²) in [6.07, 6.45) is 3.21. The molecular weight excluding hydrogens is 396 g/mol. The van der Waals surface area contributed by atoms with E-state index in [1.165, 1.54) is 7.11 Å². The van der Waals surface area contributed by atoms with Crippen molar-refractivity contribution in [3.05, 3.63) is 57.8 Å². The first-order valence-corrected chi connectivity index (χ1v) is 10.4. The Morgan fingerprint density at radius 2 is 2.03 bits per heavy atom. The number of nitrogens with zero attached hydrogens (tertiary/aromatic N) is 3. The number of rotatable bonds is 8. The van der Waals surface area contributed by atoms with E-state index in [9.17, 15) is 9.59 Å². The molecular formula is C23H28N4O4. The van der Waals surface area contributed by atoms with Crippen LogP contribution >= 0.6 is 0 Å². The summed E-state index contributed by atoms with van der Waals surface area (Å²) >= 11 is 0. The van der Waals surface area contributed by atoms with Crippen molar-refractivity contribution >= 4 is 11.6 Å². The SMILES string of the molecule is CCc1nnc(-c2ccc(OC)c(NC(=O)c3c(C)ccn(CCC(C)C)c3=O)c2)o1. The third kappa shape index (κ3) is 5.02. The van der Waals surface area contributed by atoms with Crippen LogP contribution in [0.25, 0.3) is 11.5 Å². The summed E-state index contributed by atoms with van der Waals surface area (Å²) in [5.74, 6) is 1.30. The number of amides is 1. The summed E-state index contributed by atoms with van der Waals surface area (Å²) in [6.45, 7) is 8.43. The van der Waals surface area contributed by atoms with Gasteiger partial charge in [-0.15, -0.1) is 10.2 Å². The fourth-order valence-corrected chi connectivity index (χ4v) is 3.15. The van der Waals surface area contributed by atoms with Gasteiger partial charge in [-0.25, -0.2) is 0 Å². The summed E-state index contributed by atoms with van der Waals surface area (Å²) in [5.41, 5.74) is 1.48. The van der Waals surface area contributed by atoms with E-state index in [2.05, 4.69) is 29.4 Å². The topological polar surface area (TPSA) is 99.3 Å². The number of carbonyl (C=O) groups excluding carboxylic acids is 1. The molecule has 0 saturated carbocycles. The van der Waals surface area contributed by atoms with Crippen molar-refractivity contribution < 1.29 is 13.9 Å². The molecule has 164 valence electrons. The number of aromatic nitrogens is 3. The van der Waals surface area contributed by atoms with E-state index in [-0.39, 0.29) is 11.1 Å². The van der Waals surface area contributed by atoms with Crippen LogP contribution in [0.2, 0.25) is 0 Å². The van der Waals surface area contributed by atoms with Gasteiger partial charge in [0.05, 0.1) is 12.8 Å². The highest BCUT2D eigenvalue weighted by Gasteiger charge is 2.19. The van der Waals surface area contributed by atoms with Crippen molar-refractivity contribution in [3.8, 4) is 17.2 Å². The average Bonchev–Trinajstić information content (AvgIpc) is 3.22. The second-order valence-corrected chi connectivity index (χ2v) is 7.78. The summed E-state index contributed by atoms with van der Waals surface area (Å²) < 4.78 is 12.6. The van der Waals surface area contributed by atoms with Crippen LogP contribution in [0.1, 0.15) is 49.0 Å². The monoisotopic (exact) mass is 424 g/mol. The van der Waals surface area contributed by atoms with E-state index in [4.69, 9.17) is 9.15 Å². The number of anilines is 1. The normalized spacial score (nSPS) is 11.0. The van der Waals surface area contributed by atoms with Gasteiger partial charge >= 0.3 is 0 Å². The second-order valence-electron chi connectivity index (χ2n) is 7.78. The molecule has 3 aromatic rings. The molecule has 0 aliphatic rings. The fraction of sp³-hybridized carbons (Fsp3) is 0.391. The predicted molar refractivity (Wildman–Crippen MR) is 119 cm³/mol. The molecule has 1 N–H and O–H groups in total. The molecule has 8 heteroatoms. The Labute approximate surface area is 181 Å². The van der Waals surface area contributed by atoms with Gasteiger partial charge in [-0.1, -0.05) is 20.8 Å². The summed E-state index contributed by atoms with van der Waals surface area (Å²) in [4.78, 5) is 26.0. The Bertz CT molecular complexity index is 1130. The van der Waals surface area contributed by atoms with E-state index >= 15 is 0 Å². The van der Waals surface area contributed by atoms with Crippen molar-refractivity contribution in [3.63, 3.8) is 0 Å². The number of pyridine rings is 1. The first-order chi connectivity index (χ1) is 14.8. The lowest BCUT2D eigenvalue weighted by Crippen LogP contribution is -2.30. The van der Waals surface area contributed by atoms with Crippen molar-refractivity contribution in [2.45, 2.75) is 47.1 Å². The minimum absolute atomic E-state index is 0.116. The first kappa shape index (κ1) is 22.3. The zero-order chi connectivity index (χ0) is 22.5. The predicted octanol–water partition coefficient (Wildman–Crippen LogP) is 4.08. The molecule has 0 bridgehead atoms. The molecule has 3 rings (SSSR count). The van der Waals surface area contributed by atoms with Crippen molar-refractivity contribution in [2.75, 3.05) is 12.4 Å². The number of nitrogens with one attached hydrogen (secondary N) is 1. The highest BCUT2D eigenvalue weighted by atomic mass is 16.5. The van der Waals surface area contributed by atoms with Crippen LogP contribution in [0.5, 0.6) is 5.75 Å². The zero-order valence-corrected chi connectivity index (χ0v) is 18.6. The fourth-order valence-electron chi connectivity index (χ4n) is 3.15. The molecule has 2 aromatic heterocycles. The molecule has 8 nitrogen and oxygen atoms in total. The van der Waals surface area contributed by atoms with Crippen LogP contribution in [-0.2, 0) is 13.0 Å². The minimum atomic E-state index is -0.489. The molecule has 0 atom stereocenters. The summed E-state index contributed by atoms with van der Waals surface area (Å²) in [5, 5.41) is 10.8. The summed E-state index contributed by atoms with van der Waals surface area (Å²) in [7, 11) is 1.51. The number of aryl methyl sites for hydroxylation is 3. The first-order valence-electron chi connectivity index (χ1n) is 10.4. The van der Waals surface area contributed by atoms with Crippen LogP contribution in [0.4, 0.5) is 5.69 Å². The van der Waals surface area contributed by atoms with Gasteiger partial charge in [0, 0.05) is 24.7 Å². The van der Waals surface area contributed by atoms with Crippen molar-refractivity contribution in [1.82, 2.24) is 14.8 Å². The number of methoxy groups -OCH3 is 1. The van der Waals surface area contributed by atoms with Gasteiger partial charge in [-0.05, 0) is 49.1 Å². The maximum absolute atomic E-state index is 13.1. The van der Waals surface area contributed by atoms with Crippen LogP contribution in [-0.4, -0.2) is 27.8 Å². The third-order valence-electron chi connectivity index (χ3n) is 5.01. The van der Waals surface area contributed by atoms with Gasteiger partial charge in [0.1, 0.15) is 11.3 Å². The van der Waals surface area contributed by atoms with E-state index in [0.717, 1.165) is 6.42 Å². The van der Waals surface area contributed by atoms with E-state index in [0.29, 0.717) is 53.2 Å². The Kier molecular flexibility index (Phi) is 6.89. The molecule has 0 fully saturated rings. The van der Waals surface area contributed by atoms with Gasteiger partial charge in [0.2, 0.25) is 11.8 Å². The van der Waals surface area contributed by atoms with Gasteiger partial charge in [-0.3, -0.25) is 9.59 Å². The van der Waals surface area contributed by atoms with E-state index in [1.807, 2.05) is 6.92 Å². The molecule has 0 radical (unpaired) electrons. The maximum atomic E-state index is 13.1. The molecule has 1 amide bonds. The number of ether oxygens (including phenoxy) is 1. The van der Waals surface area contributed by atoms with Gasteiger partial charge in [0.25, 0.3) is 11.5 Å². The number of hydrogen-bond donors (Lipinski definition) is 1. The van der Waals surface area contributed by atoms with Gasteiger partial charge in [0.15, 0.2) is 0 Å². The van der Waals surface area contributed by atoms with Crippen LogP contribution in [0.3, 0.4) is 0 Å². The van der Waals surface area contributed by atoms with Crippen LogP contribution in [0, 0.1) is 12.8 Å². The lowest BCUT2D eigenvalue weighted by molar-refractivity contribution is 0.102. The Morgan fingerprint density at radius 1 is 1.26 bits per heavy atom. The Hall–Kier alpha value is -3.42. The lowest BCUT2D eigenvalue weighted by atomic mass is 10.1. The average molecular weight is 425 g/mol. The molecule has 2 heterocycles. The Morgan fingerprint density at radius 3 is 2.68 bits per heavy atom. The summed E-state index contributed by atoms with van der Waals surface area (Å²) in [6, 6.07) is 6.96. The molecule has 0 aliphatic carbocycles. The third-order valence-corrected chi connectivity index (χ3v) is 5.01. The number of carbonyl (C=O) groups is 1. The van der Waals surface area contributed by atoms with Gasteiger partial charge in [-0.2, -0.15) is 0 Å². The largest absolute Gasteiger partial charge is 0.495 e. The molecule has 0 aliphatic heterocycles. The highest BCUT2D eigenvalue weighted by molar-refractivity contribution is 6.06. The molecule has 0 spiro atoms. The smallest absolute Gasteiger partial charge is 0.263 e. The Balaban J connectivity index is 1.93. The van der Waals surface area contributed by atoms with E-state index < -0.39 is 5.91 Å².